The normalized spacial score (nSPS) is 16.8. The molecule has 0 N–H and O–H groups in total. The van der Waals surface area contributed by atoms with Crippen molar-refractivity contribution in [3.05, 3.63) is 52.8 Å². The van der Waals surface area contributed by atoms with Crippen LogP contribution in [0.25, 0.3) is 0 Å². The third-order valence-electron chi connectivity index (χ3n) is 5.09. The molecule has 0 saturated carbocycles. The van der Waals surface area contributed by atoms with Crippen LogP contribution in [-0.2, 0) is 28.9 Å². The van der Waals surface area contributed by atoms with Gasteiger partial charge in [-0.2, -0.15) is 5.10 Å². The highest BCUT2D eigenvalue weighted by Gasteiger charge is 2.33. The Kier molecular flexibility index (Phi) is 5.53. The van der Waals surface area contributed by atoms with E-state index in [1.807, 2.05) is 27.9 Å². The number of rotatable bonds is 6. The Morgan fingerprint density at radius 3 is 2.88 bits per heavy atom. The Morgan fingerprint density at radius 2 is 2.16 bits per heavy atom. The lowest BCUT2D eigenvalue weighted by atomic mass is 9.98. The molecule has 5 heteroatoms. The number of carbonyl (C=O) groups excluding carboxylic acids is 1. The zero-order valence-corrected chi connectivity index (χ0v) is 15.4. The number of benzene rings is 1. The number of nitrogens with zero attached hydrogens (tertiary/aromatic N) is 3. The molecule has 1 aliphatic rings. The SMILES string of the molecule is CCn1ncc2c1[C@@H](COC)N(C(=O)CCc1ccccc1C)CC2. The molecule has 0 saturated heterocycles. The van der Waals surface area contributed by atoms with Gasteiger partial charge in [-0.3, -0.25) is 9.48 Å². The smallest absolute Gasteiger partial charge is 0.223 e. The summed E-state index contributed by atoms with van der Waals surface area (Å²) < 4.78 is 7.43. The number of aryl methyl sites for hydroxylation is 3. The average molecular weight is 341 g/mol. The molecule has 0 unspecified atom stereocenters. The number of carbonyl (C=O) groups is 1. The molecule has 134 valence electrons. The summed E-state index contributed by atoms with van der Waals surface area (Å²) in [5.41, 5.74) is 4.87. The maximum absolute atomic E-state index is 12.9. The molecular weight excluding hydrogens is 314 g/mol. The Labute approximate surface area is 149 Å². The lowest BCUT2D eigenvalue weighted by Crippen LogP contribution is -2.42. The predicted octanol–water partition coefficient (Wildman–Crippen LogP) is 2.92. The fourth-order valence-electron chi connectivity index (χ4n) is 3.71. The minimum Gasteiger partial charge on any atom is -0.382 e. The van der Waals surface area contributed by atoms with Crippen molar-refractivity contribution in [1.82, 2.24) is 14.7 Å². The summed E-state index contributed by atoms with van der Waals surface area (Å²) in [6.07, 6.45) is 4.12. The second kappa shape index (κ2) is 7.83. The number of fused-ring (bicyclic) bond motifs is 1. The highest BCUT2D eigenvalue weighted by Crippen LogP contribution is 2.30. The summed E-state index contributed by atoms with van der Waals surface area (Å²) in [6, 6.07) is 8.23. The van der Waals surface area contributed by atoms with Gasteiger partial charge in [-0.25, -0.2) is 0 Å². The molecule has 0 fully saturated rings. The average Bonchev–Trinajstić information content (AvgIpc) is 3.05. The largest absolute Gasteiger partial charge is 0.382 e. The van der Waals surface area contributed by atoms with Gasteiger partial charge >= 0.3 is 0 Å². The molecule has 1 aromatic heterocycles. The van der Waals surface area contributed by atoms with Crippen LogP contribution in [0.4, 0.5) is 0 Å². The second-order valence-corrected chi connectivity index (χ2v) is 6.61. The molecule has 0 radical (unpaired) electrons. The molecule has 0 aliphatic carbocycles. The molecule has 25 heavy (non-hydrogen) atoms. The van der Waals surface area contributed by atoms with Crippen molar-refractivity contribution in [3.63, 3.8) is 0 Å². The monoisotopic (exact) mass is 341 g/mol. The van der Waals surface area contributed by atoms with Crippen molar-refractivity contribution in [1.29, 1.82) is 0 Å². The van der Waals surface area contributed by atoms with Gasteiger partial charge in [0.2, 0.25) is 5.91 Å². The van der Waals surface area contributed by atoms with Crippen molar-refractivity contribution < 1.29 is 9.53 Å². The van der Waals surface area contributed by atoms with E-state index in [1.54, 1.807) is 7.11 Å². The maximum atomic E-state index is 12.9. The van der Waals surface area contributed by atoms with E-state index in [2.05, 4.69) is 31.1 Å². The summed E-state index contributed by atoms with van der Waals surface area (Å²) >= 11 is 0. The number of aromatic nitrogens is 2. The van der Waals surface area contributed by atoms with Gasteiger partial charge in [-0.15, -0.1) is 0 Å². The Morgan fingerprint density at radius 1 is 1.36 bits per heavy atom. The fraction of sp³-hybridized carbons (Fsp3) is 0.500. The second-order valence-electron chi connectivity index (χ2n) is 6.61. The van der Waals surface area contributed by atoms with Crippen LogP contribution in [-0.4, -0.2) is 40.8 Å². The van der Waals surface area contributed by atoms with E-state index < -0.39 is 0 Å². The van der Waals surface area contributed by atoms with Crippen LogP contribution in [0.5, 0.6) is 0 Å². The molecule has 0 spiro atoms. The van der Waals surface area contributed by atoms with E-state index in [4.69, 9.17) is 4.74 Å². The van der Waals surface area contributed by atoms with Gasteiger partial charge in [-0.05, 0) is 43.4 Å². The summed E-state index contributed by atoms with van der Waals surface area (Å²) in [5, 5.41) is 4.47. The first-order valence-electron chi connectivity index (χ1n) is 9.03. The quantitative estimate of drug-likeness (QED) is 0.812. The predicted molar refractivity (Wildman–Crippen MR) is 97.4 cm³/mol. The van der Waals surface area contributed by atoms with Crippen molar-refractivity contribution in [2.75, 3.05) is 20.3 Å². The molecule has 1 aromatic carbocycles. The number of hydrogen-bond donors (Lipinski definition) is 0. The Balaban J connectivity index is 1.76. The summed E-state index contributed by atoms with van der Waals surface area (Å²) in [7, 11) is 1.69. The molecule has 2 heterocycles. The molecule has 1 aliphatic heterocycles. The highest BCUT2D eigenvalue weighted by molar-refractivity contribution is 5.77. The van der Waals surface area contributed by atoms with Crippen molar-refractivity contribution in [2.45, 2.75) is 45.7 Å². The van der Waals surface area contributed by atoms with Crippen LogP contribution in [0.15, 0.2) is 30.5 Å². The van der Waals surface area contributed by atoms with Crippen LogP contribution in [0, 0.1) is 6.92 Å². The summed E-state index contributed by atoms with van der Waals surface area (Å²) in [6.45, 7) is 6.23. The highest BCUT2D eigenvalue weighted by atomic mass is 16.5. The molecular formula is C20H27N3O2. The van der Waals surface area contributed by atoms with Gasteiger partial charge in [0, 0.05) is 26.6 Å². The van der Waals surface area contributed by atoms with E-state index in [-0.39, 0.29) is 11.9 Å². The van der Waals surface area contributed by atoms with Crippen LogP contribution >= 0.6 is 0 Å². The number of ether oxygens (including phenoxy) is 1. The van der Waals surface area contributed by atoms with Crippen molar-refractivity contribution >= 4 is 5.91 Å². The zero-order chi connectivity index (χ0) is 17.8. The van der Waals surface area contributed by atoms with Crippen LogP contribution < -0.4 is 0 Å². The first kappa shape index (κ1) is 17.7. The fourth-order valence-corrected chi connectivity index (χ4v) is 3.71. The number of hydrogen-bond acceptors (Lipinski definition) is 3. The maximum Gasteiger partial charge on any atom is 0.223 e. The number of methoxy groups -OCH3 is 1. The van der Waals surface area contributed by atoms with E-state index >= 15 is 0 Å². The van der Waals surface area contributed by atoms with E-state index in [0.29, 0.717) is 13.0 Å². The van der Waals surface area contributed by atoms with Gasteiger partial charge in [0.15, 0.2) is 0 Å². The van der Waals surface area contributed by atoms with Crippen LogP contribution in [0.3, 0.4) is 0 Å². The molecule has 2 aromatic rings. The van der Waals surface area contributed by atoms with Gasteiger partial charge in [0.25, 0.3) is 0 Å². The Bertz CT molecular complexity index is 725. The van der Waals surface area contributed by atoms with Crippen LogP contribution in [0.1, 0.15) is 41.8 Å². The van der Waals surface area contributed by atoms with E-state index in [1.165, 1.54) is 16.7 Å². The minimum absolute atomic E-state index is 0.0411. The summed E-state index contributed by atoms with van der Waals surface area (Å²) in [5.74, 6) is 0.194. The molecule has 1 atom stereocenters. The Hall–Kier alpha value is -2.14. The van der Waals surface area contributed by atoms with Gasteiger partial charge in [-0.1, -0.05) is 24.3 Å². The minimum atomic E-state index is -0.0411. The van der Waals surface area contributed by atoms with Crippen molar-refractivity contribution in [2.24, 2.45) is 0 Å². The topological polar surface area (TPSA) is 47.4 Å². The van der Waals surface area contributed by atoms with E-state index in [0.717, 1.165) is 31.6 Å². The molecule has 3 rings (SSSR count). The zero-order valence-electron chi connectivity index (χ0n) is 15.4. The first-order chi connectivity index (χ1) is 12.2. The van der Waals surface area contributed by atoms with Gasteiger partial charge in [0.05, 0.1) is 24.5 Å². The first-order valence-corrected chi connectivity index (χ1v) is 9.03. The van der Waals surface area contributed by atoms with Crippen molar-refractivity contribution in [3.8, 4) is 0 Å². The standard InChI is InChI=1S/C20H27N3O2/c1-4-23-20-17(13-21-23)11-12-22(18(20)14-25-3)19(24)10-9-16-8-6-5-7-15(16)2/h5-8,13,18H,4,9-12,14H2,1-3H3/t18-/m1/s1. The molecule has 0 bridgehead atoms. The third kappa shape index (κ3) is 3.61. The lowest BCUT2D eigenvalue weighted by molar-refractivity contribution is -0.135. The summed E-state index contributed by atoms with van der Waals surface area (Å²) in [4.78, 5) is 14.9. The third-order valence-corrected chi connectivity index (χ3v) is 5.09. The van der Waals surface area contributed by atoms with E-state index in [9.17, 15) is 4.79 Å². The van der Waals surface area contributed by atoms with Gasteiger partial charge in [0.1, 0.15) is 0 Å². The van der Waals surface area contributed by atoms with Crippen LogP contribution in [0.2, 0.25) is 0 Å². The molecule has 1 amide bonds. The van der Waals surface area contributed by atoms with Gasteiger partial charge < -0.3 is 9.64 Å². The number of amides is 1. The lowest BCUT2D eigenvalue weighted by Gasteiger charge is -2.36. The molecule has 5 nitrogen and oxygen atoms in total.